The van der Waals surface area contributed by atoms with Crippen molar-refractivity contribution in [3.8, 4) is 0 Å². The lowest BCUT2D eigenvalue weighted by Gasteiger charge is -2.21. The molecule has 2 aromatic rings. The zero-order chi connectivity index (χ0) is 19.1. The third-order valence-corrected chi connectivity index (χ3v) is 6.83. The predicted octanol–water partition coefficient (Wildman–Crippen LogP) is 2.64. The molecule has 5 rings (SSSR count). The van der Waals surface area contributed by atoms with Gasteiger partial charge in [0.1, 0.15) is 5.82 Å². The summed E-state index contributed by atoms with van der Waals surface area (Å²) in [5, 5.41) is 6.24. The largest absolute Gasteiger partial charge is 0.363 e. The van der Waals surface area contributed by atoms with Crippen LogP contribution in [0.25, 0.3) is 6.08 Å². The van der Waals surface area contributed by atoms with Gasteiger partial charge < -0.3 is 15.1 Å². The Morgan fingerprint density at radius 2 is 2.04 bits per heavy atom. The van der Waals surface area contributed by atoms with Crippen molar-refractivity contribution in [1.82, 2.24) is 9.88 Å². The SMILES string of the molecule is O=C1CCc2cc(C=CC(=O)N3C[C@@H]4CN(c5cccs5)C[C@@H]4C3)cnc2N1. The number of hydrogen-bond donors (Lipinski definition) is 1. The van der Waals surface area contributed by atoms with E-state index in [-0.39, 0.29) is 11.8 Å². The first kappa shape index (κ1) is 17.4. The number of carbonyl (C=O) groups is 2. The zero-order valence-electron chi connectivity index (χ0n) is 15.5. The molecule has 28 heavy (non-hydrogen) atoms. The molecule has 2 aromatic heterocycles. The van der Waals surface area contributed by atoms with Crippen molar-refractivity contribution in [2.45, 2.75) is 12.8 Å². The van der Waals surface area contributed by atoms with E-state index in [9.17, 15) is 9.59 Å². The minimum atomic E-state index is 0.00990. The highest BCUT2D eigenvalue weighted by molar-refractivity contribution is 7.14. The molecule has 2 amide bonds. The second-order valence-electron chi connectivity index (χ2n) is 7.78. The first-order valence-corrected chi connectivity index (χ1v) is 10.6. The molecule has 2 fully saturated rings. The molecule has 0 aromatic carbocycles. The highest BCUT2D eigenvalue weighted by Gasteiger charge is 2.41. The molecule has 3 aliphatic rings. The number of pyridine rings is 1. The molecule has 2 saturated heterocycles. The molecule has 0 aliphatic carbocycles. The van der Waals surface area contributed by atoms with Crippen molar-refractivity contribution in [3.05, 3.63) is 47.0 Å². The number of carbonyl (C=O) groups excluding carboxylic acids is 2. The number of likely N-dealkylation sites (tertiary alicyclic amines) is 1. The van der Waals surface area contributed by atoms with Gasteiger partial charge in [-0.1, -0.05) is 0 Å². The standard InChI is InChI=1S/C21H22N4O2S/c26-18-5-4-15-8-14(9-22-21(15)23-18)3-6-19(27)24-10-16-12-25(13-17(16)11-24)20-2-1-7-28-20/h1-3,6-9,16-17H,4-5,10-13H2,(H,22,23,26)/t16-,17+. The fourth-order valence-corrected chi connectivity index (χ4v) is 5.19. The van der Waals surface area contributed by atoms with Crippen LogP contribution < -0.4 is 10.2 Å². The minimum Gasteiger partial charge on any atom is -0.363 e. The summed E-state index contributed by atoms with van der Waals surface area (Å²) in [6.45, 7) is 3.76. The maximum Gasteiger partial charge on any atom is 0.246 e. The zero-order valence-corrected chi connectivity index (χ0v) is 16.3. The van der Waals surface area contributed by atoms with Crippen molar-refractivity contribution >= 4 is 40.0 Å². The summed E-state index contributed by atoms with van der Waals surface area (Å²) < 4.78 is 0. The van der Waals surface area contributed by atoms with Gasteiger partial charge in [-0.2, -0.15) is 0 Å². The van der Waals surface area contributed by atoms with Gasteiger partial charge in [0.25, 0.3) is 0 Å². The van der Waals surface area contributed by atoms with Crippen LogP contribution in [0, 0.1) is 11.8 Å². The van der Waals surface area contributed by atoms with Gasteiger partial charge in [0.15, 0.2) is 0 Å². The maximum atomic E-state index is 12.6. The molecule has 0 radical (unpaired) electrons. The van der Waals surface area contributed by atoms with Crippen molar-refractivity contribution in [2.75, 3.05) is 36.4 Å². The van der Waals surface area contributed by atoms with Crippen LogP contribution in [0.4, 0.5) is 10.8 Å². The smallest absolute Gasteiger partial charge is 0.246 e. The Labute approximate surface area is 167 Å². The highest BCUT2D eigenvalue weighted by Crippen LogP contribution is 2.35. The molecular weight excluding hydrogens is 372 g/mol. The van der Waals surface area contributed by atoms with Crippen LogP contribution in [-0.4, -0.2) is 47.9 Å². The number of hydrogen-bond acceptors (Lipinski definition) is 5. The molecule has 2 atom stereocenters. The van der Waals surface area contributed by atoms with Crippen LogP contribution in [0.1, 0.15) is 17.5 Å². The lowest BCUT2D eigenvalue weighted by molar-refractivity contribution is -0.125. The van der Waals surface area contributed by atoms with Crippen LogP contribution in [0.2, 0.25) is 0 Å². The lowest BCUT2D eigenvalue weighted by Crippen LogP contribution is -2.31. The molecule has 0 saturated carbocycles. The number of nitrogens with zero attached hydrogens (tertiary/aromatic N) is 3. The number of aromatic nitrogens is 1. The van der Waals surface area contributed by atoms with E-state index >= 15 is 0 Å². The van der Waals surface area contributed by atoms with Crippen LogP contribution in [0.3, 0.4) is 0 Å². The molecule has 3 aliphatic heterocycles. The number of nitrogens with one attached hydrogen (secondary N) is 1. The van der Waals surface area contributed by atoms with Gasteiger partial charge in [0, 0.05) is 56.7 Å². The summed E-state index contributed by atoms with van der Waals surface area (Å²) in [6.07, 6.45) is 6.37. The van der Waals surface area contributed by atoms with E-state index in [2.05, 4.69) is 32.7 Å². The molecule has 144 valence electrons. The molecular formula is C21H22N4O2S. The van der Waals surface area contributed by atoms with Gasteiger partial charge in [0.05, 0.1) is 5.00 Å². The van der Waals surface area contributed by atoms with Gasteiger partial charge in [-0.15, -0.1) is 11.3 Å². The van der Waals surface area contributed by atoms with E-state index in [1.54, 1.807) is 23.6 Å². The van der Waals surface area contributed by atoms with E-state index in [0.717, 1.165) is 37.3 Å². The van der Waals surface area contributed by atoms with Crippen LogP contribution in [0.5, 0.6) is 0 Å². The van der Waals surface area contributed by atoms with Gasteiger partial charge in [-0.05, 0) is 47.2 Å². The predicted molar refractivity (Wildman–Crippen MR) is 110 cm³/mol. The Hall–Kier alpha value is -2.67. The van der Waals surface area contributed by atoms with Gasteiger partial charge in [0.2, 0.25) is 11.8 Å². The Morgan fingerprint density at radius 3 is 2.79 bits per heavy atom. The van der Waals surface area contributed by atoms with Gasteiger partial charge >= 0.3 is 0 Å². The van der Waals surface area contributed by atoms with Crippen molar-refractivity contribution < 1.29 is 9.59 Å². The fraction of sp³-hybridized carbons (Fsp3) is 0.381. The average Bonchev–Trinajstić information content (AvgIpc) is 3.41. The van der Waals surface area contributed by atoms with E-state index < -0.39 is 0 Å². The maximum absolute atomic E-state index is 12.6. The number of rotatable bonds is 3. The molecule has 1 N–H and O–H groups in total. The summed E-state index contributed by atoms with van der Waals surface area (Å²) in [6, 6.07) is 6.27. The monoisotopic (exact) mass is 394 g/mol. The van der Waals surface area contributed by atoms with Crippen molar-refractivity contribution in [1.29, 1.82) is 0 Å². The Morgan fingerprint density at radius 1 is 1.21 bits per heavy atom. The van der Waals surface area contributed by atoms with E-state index in [1.165, 1.54) is 5.00 Å². The Bertz CT molecular complexity index is 926. The van der Waals surface area contributed by atoms with Crippen LogP contribution in [0.15, 0.2) is 35.9 Å². The molecule has 7 heteroatoms. The normalized spacial score (nSPS) is 23.8. The van der Waals surface area contributed by atoms with Crippen molar-refractivity contribution in [2.24, 2.45) is 11.8 Å². The van der Waals surface area contributed by atoms with E-state index in [0.29, 0.717) is 30.5 Å². The van der Waals surface area contributed by atoms with Crippen LogP contribution >= 0.6 is 11.3 Å². The third-order valence-electron chi connectivity index (χ3n) is 5.90. The first-order chi connectivity index (χ1) is 13.7. The highest BCUT2D eigenvalue weighted by atomic mass is 32.1. The number of aryl methyl sites for hydroxylation is 1. The lowest BCUT2D eigenvalue weighted by atomic mass is 10.0. The third kappa shape index (κ3) is 3.30. The number of fused-ring (bicyclic) bond motifs is 2. The average molecular weight is 395 g/mol. The molecule has 5 heterocycles. The summed E-state index contributed by atoms with van der Waals surface area (Å²) in [4.78, 5) is 32.8. The minimum absolute atomic E-state index is 0.00990. The second-order valence-corrected chi connectivity index (χ2v) is 8.70. The van der Waals surface area contributed by atoms with Crippen LogP contribution in [-0.2, 0) is 16.0 Å². The second kappa shape index (κ2) is 7.05. The summed E-state index contributed by atoms with van der Waals surface area (Å²) in [5.41, 5.74) is 1.92. The summed E-state index contributed by atoms with van der Waals surface area (Å²) >= 11 is 1.79. The molecule has 6 nitrogen and oxygen atoms in total. The summed E-state index contributed by atoms with van der Waals surface area (Å²) in [5.74, 6) is 1.85. The van der Waals surface area contributed by atoms with Crippen molar-refractivity contribution in [3.63, 3.8) is 0 Å². The van der Waals surface area contributed by atoms with Gasteiger partial charge in [-0.25, -0.2) is 4.98 Å². The first-order valence-electron chi connectivity index (χ1n) is 9.70. The Kier molecular flexibility index (Phi) is 4.39. The van der Waals surface area contributed by atoms with Gasteiger partial charge in [-0.3, -0.25) is 9.59 Å². The summed E-state index contributed by atoms with van der Waals surface area (Å²) in [7, 11) is 0. The molecule has 0 spiro atoms. The molecule has 0 bridgehead atoms. The Balaban J connectivity index is 1.20. The molecule has 0 unspecified atom stereocenters. The number of amides is 2. The number of anilines is 2. The van der Waals surface area contributed by atoms with E-state index in [1.807, 2.05) is 17.0 Å². The van der Waals surface area contributed by atoms with E-state index in [4.69, 9.17) is 0 Å². The quantitative estimate of drug-likeness (QED) is 0.813. The number of thiophene rings is 1. The topological polar surface area (TPSA) is 65.5 Å². The fourth-order valence-electron chi connectivity index (χ4n) is 4.44.